The molecule has 0 saturated carbocycles. The van der Waals surface area contributed by atoms with Gasteiger partial charge < -0.3 is 20.5 Å². The van der Waals surface area contributed by atoms with E-state index in [2.05, 4.69) is 5.32 Å². The van der Waals surface area contributed by atoms with Gasteiger partial charge in [0.05, 0.1) is 24.8 Å². The Labute approximate surface area is 132 Å². The minimum absolute atomic E-state index is 0. The molecule has 2 unspecified atom stereocenters. The molecule has 0 spiro atoms. The van der Waals surface area contributed by atoms with Crippen molar-refractivity contribution in [2.75, 3.05) is 18.5 Å². The van der Waals surface area contributed by atoms with Gasteiger partial charge in [0, 0.05) is 12.1 Å². The van der Waals surface area contributed by atoms with Crippen LogP contribution in [0.5, 0.6) is 11.5 Å². The summed E-state index contributed by atoms with van der Waals surface area (Å²) < 4.78 is 10.9. The first-order valence-corrected chi connectivity index (χ1v) is 6.95. The lowest BCUT2D eigenvalue weighted by Gasteiger charge is -2.18. The van der Waals surface area contributed by atoms with Crippen molar-refractivity contribution in [3.05, 3.63) is 18.2 Å². The van der Waals surface area contributed by atoms with Crippen LogP contribution >= 0.6 is 12.4 Å². The van der Waals surface area contributed by atoms with Crippen LogP contribution in [-0.2, 0) is 4.79 Å². The second-order valence-electron chi connectivity index (χ2n) is 4.66. The molecule has 6 heteroatoms. The third-order valence-electron chi connectivity index (χ3n) is 3.02. The minimum atomic E-state index is -0.278. The predicted octanol–water partition coefficient (Wildman–Crippen LogP) is 2.83. The first kappa shape index (κ1) is 19.5. The molecule has 0 aromatic heterocycles. The molecule has 1 aromatic carbocycles. The van der Waals surface area contributed by atoms with Crippen LogP contribution in [0.25, 0.3) is 0 Å². The van der Waals surface area contributed by atoms with Crippen LogP contribution in [0.15, 0.2) is 18.2 Å². The summed E-state index contributed by atoms with van der Waals surface area (Å²) in [5.41, 5.74) is 6.35. The maximum absolute atomic E-state index is 12.1. The molecule has 0 bridgehead atoms. The quantitative estimate of drug-likeness (QED) is 0.811. The number of nitrogens with one attached hydrogen (secondary N) is 1. The number of ether oxygens (including phenoxy) is 2. The molecule has 21 heavy (non-hydrogen) atoms. The van der Waals surface area contributed by atoms with E-state index >= 15 is 0 Å². The van der Waals surface area contributed by atoms with E-state index in [9.17, 15) is 4.79 Å². The Hall–Kier alpha value is -1.46. The smallest absolute Gasteiger partial charge is 0.228 e. The molecule has 0 saturated heterocycles. The zero-order valence-corrected chi connectivity index (χ0v) is 13.8. The number of nitrogens with two attached hydrogens (primary N) is 1. The Morgan fingerprint density at radius 2 is 1.86 bits per heavy atom. The van der Waals surface area contributed by atoms with Crippen molar-refractivity contribution < 1.29 is 14.3 Å². The van der Waals surface area contributed by atoms with Crippen LogP contribution in [0.1, 0.15) is 27.7 Å². The monoisotopic (exact) mass is 316 g/mol. The van der Waals surface area contributed by atoms with E-state index < -0.39 is 0 Å². The van der Waals surface area contributed by atoms with Gasteiger partial charge in [0.25, 0.3) is 0 Å². The normalized spacial score (nSPS) is 12.8. The second kappa shape index (κ2) is 9.47. The standard InChI is InChI=1S/C15H24N2O3.ClH/c1-5-19-12-7-8-14(20-6-2)13(9-12)17-15(18)10(3)11(4)16;/h7-11H,5-6,16H2,1-4H3,(H,17,18);1H. The summed E-state index contributed by atoms with van der Waals surface area (Å²) in [5, 5.41) is 2.85. The number of carbonyl (C=O) groups excluding carboxylic acids is 1. The average molecular weight is 317 g/mol. The topological polar surface area (TPSA) is 73.6 Å². The lowest BCUT2D eigenvalue weighted by atomic mass is 10.0. The Morgan fingerprint density at radius 1 is 1.24 bits per heavy atom. The summed E-state index contributed by atoms with van der Waals surface area (Å²) in [4.78, 5) is 12.1. The number of amides is 1. The first-order chi connectivity index (χ1) is 9.49. The number of hydrogen-bond acceptors (Lipinski definition) is 4. The SMILES string of the molecule is CCOc1ccc(OCC)c(NC(=O)C(C)C(C)N)c1.Cl. The molecule has 0 aliphatic heterocycles. The van der Waals surface area contributed by atoms with Crippen LogP contribution in [0, 0.1) is 5.92 Å². The number of carbonyl (C=O) groups is 1. The Morgan fingerprint density at radius 3 is 2.38 bits per heavy atom. The molecule has 1 rings (SSSR count). The molecule has 0 heterocycles. The van der Waals surface area contributed by atoms with Gasteiger partial charge in [-0.15, -0.1) is 12.4 Å². The van der Waals surface area contributed by atoms with Gasteiger partial charge in [-0.05, 0) is 32.9 Å². The van der Waals surface area contributed by atoms with Gasteiger partial charge in [-0.1, -0.05) is 6.92 Å². The minimum Gasteiger partial charge on any atom is -0.494 e. The summed E-state index contributed by atoms with van der Waals surface area (Å²) in [7, 11) is 0. The van der Waals surface area contributed by atoms with Crippen LogP contribution in [0.2, 0.25) is 0 Å². The fourth-order valence-corrected chi connectivity index (χ4v) is 1.63. The Bertz CT molecular complexity index is 453. The third-order valence-corrected chi connectivity index (χ3v) is 3.02. The fourth-order valence-electron chi connectivity index (χ4n) is 1.63. The number of rotatable bonds is 7. The number of hydrogen-bond donors (Lipinski definition) is 2. The van der Waals surface area contributed by atoms with Crippen LogP contribution in [0.4, 0.5) is 5.69 Å². The van der Waals surface area contributed by atoms with Crippen molar-refractivity contribution in [3.63, 3.8) is 0 Å². The van der Waals surface area contributed by atoms with E-state index in [0.717, 1.165) is 0 Å². The van der Waals surface area contributed by atoms with Gasteiger partial charge in [0.15, 0.2) is 0 Å². The van der Waals surface area contributed by atoms with Gasteiger partial charge >= 0.3 is 0 Å². The summed E-state index contributed by atoms with van der Waals surface area (Å²) in [5.74, 6) is 0.913. The highest BCUT2D eigenvalue weighted by molar-refractivity contribution is 5.94. The summed E-state index contributed by atoms with van der Waals surface area (Å²) in [6.45, 7) is 8.51. The summed E-state index contributed by atoms with van der Waals surface area (Å²) in [6.07, 6.45) is 0. The number of anilines is 1. The highest BCUT2D eigenvalue weighted by Crippen LogP contribution is 2.30. The molecule has 1 amide bonds. The highest BCUT2D eigenvalue weighted by Gasteiger charge is 2.18. The summed E-state index contributed by atoms with van der Waals surface area (Å²) >= 11 is 0. The maximum Gasteiger partial charge on any atom is 0.228 e. The molecule has 2 atom stereocenters. The molecule has 1 aromatic rings. The van der Waals surface area contributed by atoms with Crippen molar-refractivity contribution >= 4 is 24.0 Å². The van der Waals surface area contributed by atoms with E-state index in [1.807, 2.05) is 26.8 Å². The predicted molar refractivity (Wildman–Crippen MR) is 87.5 cm³/mol. The van der Waals surface area contributed by atoms with Crippen molar-refractivity contribution in [1.29, 1.82) is 0 Å². The van der Waals surface area contributed by atoms with Crippen molar-refractivity contribution in [2.45, 2.75) is 33.7 Å². The average Bonchev–Trinajstić information content (AvgIpc) is 2.41. The maximum atomic E-state index is 12.1. The Kier molecular flexibility index (Phi) is 8.81. The molecule has 0 aliphatic carbocycles. The molecule has 120 valence electrons. The molecular weight excluding hydrogens is 292 g/mol. The molecule has 3 N–H and O–H groups in total. The number of benzene rings is 1. The molecule has 5 nitrogen and oxygen atoms in total. The zero-order chi connectivity index (χ0) is 15.1. The van der Waals surface area contributed by atoms with Crippen molar-refractivity contribution in [3.8, 4) is 11.5 Å². The molecule has 0 radical (unpaired) electrons. The van der Waals surface area contributed by atoms with Crippen molar-refractivity contribution in [2.24, 2.45) is 11.7 Å². The fraction of sp³-hybridized carbons (Fsp3) is 0.533. The van der Waals surface area contributed by atoms with Crippen LogP contribution in [0.3, 0.4) is 0 Å². The number of halogens is 1. The second-order valence-corrected chi connectivity index (χ2v) is 4.66. The lowest BCUT2D eigenvalue weighted by molar-refractivity contribution is -0.119. The largest absolute Gasteiger partial charge is 0.494 e. The van der Waals surface area contributed by atoms with E-state index in [1.54, 1.807) is 19.1 Å². The molecule has 0 aliphatic rings. The zero-order valence-electron chi connectivity index (χ0n) is 13.0. The molecular formula is C15H25ClN2O3. The van der Waals surface area contributed by atoms with E-state index in [1.165, 1.54) is 0 Å². The lowest BCUT2D eigenvalue weighted by Crippen LogP contribution is -2.34. The van der Waals surface area contributed by atoms with E-state index in [4.69, 9.17) is 15.2 Å². The van der Waals surface area contributed by atoms with Gasteiger partial charge in [-0.3, -0.25) is 4.79 Å². The van der Waals surface area contributed by atoms with Crippen LogP contribution in [-0.4, -0.2) is 25.2 Å². The van der Waals surface area contributed by atoms with Gasteiger partial charge in [0.2, 0.25) is 5.91 Å². The van der Waals surface area contributed by atoms with Gasteiger partial charge in [-0.2, -0.15) is 0 Å². The van der Waals surface area contributed by atoms with Crippen molar-refractivity contribution in [1.82, 2.24) is 0 Å². The molecule has 0 fully saturated rings. The third kappa shape index (κ3) is 5.81. The van der Waals surface area contributed by atoms with Crippen LogP contribution < -0.4 is 20.5 Å². The first-order valence-electron chi connectivity index (χ1n) is 6.95. The van der Waals surface area contributed by atoms with E-state index in [0.29, 0.717) is 30.4 Å². The highest BCUT2D eigenvalue weighted by atomic mass is 35.5. The van der Waals surface area contributed by atoms with Gasteiger partial charge in [0.1, 0.15) is 11.5 Å². The Balaban J connectivity index is 0.00000400. The summed E-state index contributed by atoms with van der Waals surface area (Å²) in [6, 6.07) is 5.17. The van der Waals surface area contributed by atoms with Gasteiger partial charge in [-0.25, -0.2) is 0 Å². The van der Waals surface area contributed by atoms with E-state index in [-0.39, 0.29) is 30.3 Å².